The summed E-state index contributed by atoms with van der Waals surface area (Å²) in [7, 11) is 1.62. The number of hydrogen-bond donors (Lipinski definition) is 2. The molecular formula is C15H21N5O2S. The van der Waals surface area contributed by atoms with Gasteiger partial charge in [-0.15, -0.1) is 0 Å². The Morgan fingerprint density at radius 1 is 1.57 bits per heavy atom. The van der Waals surface area contributed by atoms with E-state index in [-0.39, 0.29) is 5.91 Å². The fourth-order valence-electron chi connectivity index (χ4n) is 2.79. The molecule has 0 saturated carbocycles. The third kappa shape index (κ3) is 3.89. The third-order valence-electron chi connectivity index (χ3n) is 4.12. The van der Waals surface area contributed by atoms with Gasteiger partial charge >= 0.3 is 0 Å². The highest BCUT2D eigenvalue weighted by Gasteiger charge is 2.32. The van der Waals surface area contributed by atoms with Gasteiger partial charge in [0.05, 0.1) is 13.5 Å². The van der Waals surface area contributed by atoms with Gasteiger partial charge < -0.3 is 19.9 Å². The summed E-state index contributed by atoms with van der Waals surface area (Å²) in [5.74, 6) is 1.92. The molecule has 0 spiro atoms. The highest BCUT2D eigenvalue weighted by atomic mass is 32.1. The SMILES string of the molecule is COc1cc(CNC2CN(C(=O)Cc3ncc[nH]3)CC2C)sn1. The number of likely N-dealkylation sites (tertiary alicyclic amines) is 1. The Morgan fingerprint density at radius 3 is 3.13 bits per heavy atom. The van der Waals surface area contributed by atoms with E-state index in [1.165, 1.54) is 11.5 Å². The van der Waals surface area contributed by atoms with Crippen LogP contribution in [0.3, 0.4) is 0 Å². The zero-order chi connectivity index (χ0) is 16.2. The zero-order valence-electron chi connectivity index (χ0n) is 13.3. The van der Waals surface area contributed by atoms with Crippen LogP contribution in [0.4, 0.5) is 0 Å². The van der Waals surface area contributed by atoms with Crippen molar-refractivity contribution in [2.45, 2.75) is 25.9 Å². The van der Waals surface area contributed by atoms with Crippen molar-refractivity contribution < 1.29 is 9.53 Å². The molecule has 1 saturated heterocycles. The van der Waals surface area contributed by atoms with Gasteiger partial charge in [-0.25, -0.2) is 4.98 Å². The molecule has 0 radical (unpaired) electrons. The molecule has 7 nitrogen and oxygen atoms in total. The number of amides is 1. The van der Waals surface area contributed by atoms with Crippen molar-refractivity contribution >= 4 is 17.4 Å². The standard InChI is InChI=1S/C15H21N5O2S/c1-10-8-20(15(21)6-13-16-3-4-17-13)9-12(10)18-7-11-5-14(22-2)19-23-11/h3-5,10,12,18H,6-9H2,1-2H3,(H,16,17). The Kier molecular flexibility index (Phi) is 4.92. The number of nitrogens with one attached hydrogen (secondary N) is 2. The minimum absolute atomic E-state index is 0.121. The molecule has 2 aromatic rings. The summed E-state index contributed by atoms with van der Waals surface area (Å²) in [5.41, 5.74) is 0. The molecule has 3 heterocycles. The van der Waals surface area contributed by atoms with Crippen LogP contribution in [0, 0.1) is 5.92 Å². The van der Waals surface area contributed by atoms with E-state index in [1.807, 2.05) is 11.0 Å². The number of aromatic nitrogens is 3. The molecule has 1 aliphatic heterocycles. The van der Waals surface area contributed by atoms with Crippen LogP contribution >= 0.6 is 11.5 Å². The molecule has 0 aliphatic carbocycles. The van der Waals surface area contributed by atoms with Gasteiger partial charge in [0, 0.05) is 49.0 Å². The molecule has 3 rings (SSSR count). The second-order valence-corrected chi connectivity index (χ2v) is 6.70. The van der Waals surface area contributed by atoms with Crippen LogP contribution in [0.5, 0.6) is 5.88 Å². The van der Waals surface area contributed by atoms with E-state index in [9.17, 15) is 4.79 Å². The molecule has 8 heteroatoms. The second-order valence-electron chi connectivity index (χ2n) is 5.81. The number of H-pyrrole nitrogens is 1. The van der Waals surface area contributed by atoms with Gasteiger partial charge in [0.25, 0.3) is 0 Å². The van der Waals surface area contributed by atoms with Gasteiger partial charge in [-0.1, -0.05) is 6.92 Å². The molecule has 23 heavy (non-hydrogen) atoms. The normalized spacial score (nSPS) is 20.9. The summed E-state index contributed by atoms with van der Waals surface area (Å²) < 4.78 is 9.28. The van der Waals surface area contributed by atoms with E-state index in [0.717, 1.165) is 30.3 Å². The van der Waals surface area contributed by atoms with Crippen molar-refractivity contribution in [3.8, 4) is 5.88 Å². The number of nitrogens with zero attached hydrogens (tertiary/aromatic N) is 3. The molecule has 2 unspecified atom stereocenters. The predicted molar refractivity (Wildman–Crippen MR) is 87.3 cm³/mol. The van der Waals surface area contributed by atoms with Crippen molar-refractivity contribution in [3.63, 3.8) is 0 Å². The Bertz CT molecular complexity index is 642. The molecule has 1 amide bonds. The first-order chi connectivity index (χ1) is 11.2. The first-order valence-electron chi connectivity index (χ1n) is 7.64. The van der Waals surface area contributed by atoms with Crippen LogP contribution in [-0.2, 0) is 17.8 Å². The lowest BCUT2D eigenvalue weighted by atomic mass is 10.1. The lowest BCUT2D eigenvalue weighted by Crippen LogP contribution is -2.36. The van der Waals surface area contributed by atoms with Gasteiger partial charge in [-0.3, -0.25) is 4.79 Å². The molecule has 1 aliphatic rings. The topological polar surface area (TPSA) is 83.1 Å². The molecule has 0 bridgehead atoms. The minimum Gasteiger partial charge on any atom is -0.480 e. The Labute approximate surface area is 139 Å². The van der Waals surface area contributed by atoms with Gasteiger partial charge in [0.2, 0.25) is 11.8 Å². The van der Waals surface area contributed by atoms with Crippen LogP contribution in [0.25, 0.3) is 0 Å². The summed E-state index contributed by atoms with van der Waals surface area (Å²) >= 11 is 1.44. The highest BCUT2D eigenvalue weighted by molar-refractivity contribution is 7.05. The van der Waals surface area contributed by atoms with Crippen molar-refractivity contribution in [1.29, 1.82) is 0 Å². The maximum absolute atomic E-state index is 12.3. The summed E-state index contributed by atoms with van der Waals surface area (Å²) in [6, 6.07) is 2.24. The Morgan fingerprint density at radius 2 is 2.43 bits per heavy atom. The average Bonchev–Trinajstić information content (AvgIpc) is 3.26. The summed E-state index contributed by atoms with van der Waals surface area (Å²) in [4.78, 5) is 22.5. The van der Waals surface area contributed by atoms with E-state index in [1.54, 1.807) is 19.5 Å². The number of carbonyl (C=O) groups excluding carboxylic acids is 1. The molecule has 2 aromatic heterocycles. The Balaban J connectivity index is 1.50. The summed E-state index contributed by atoms with van der Waals surface area (Å²) in [5, 5.41) is 3.53. The second kappa shape index (κ2) is 7.10. The fraction of sp³-hybridized carbons (Fsp3) is 0.533. The van der Waals surface area contributed by atoms with Crippen LogP contribution in [0.1, 0.15) is 17.6 Å². The zero-order valence-corrected chi connectivity index (χ0v) is 14.1. The number of aromatic amines is 1. The number of rotatable bonds is 6. The Hall–Kier alpha value is -1.93. The third-order valence-corrected chi connectivity index (χ3v) is 4.89. The first-order valence-corrected chi connectivity index (χ1v) is 8.42. The van der Waals surface area contributed by atoms with E-state index in [2.05, 4.69) is 26.6 Å². The van der Waals surface area contributed by atoms with Crippen molar-refractivity contribution in [1.82, 2.24) is 24.6 Å². The van der Waals surface area contributed by atoms with E-state index in [4.69, 9.17) is 4.74 Å². The highest BCUT2D eigenvalue weighted by Crippen LogP contribution is 2.20. The lowest BCUT2D eigenvalue weighted by Gasteiger charge is -2.16. The molecule has 2 N–H and O–H groups in total. The maximum Gasteiger partial charge on any atom is 0.230 e. The van der Waals surface area contributed by atoms with Crippen molar-refractivity contribution in [2.75, 3.05) is 20.2 Å². The summed E-state index contributed by atoms with van der Waals surface area (Å²) in [6.07, 6.45) is 3.74. The minimum atomic E-state index is 0.121. The van der Waals surface area contributed by atoms with Gasteiger partial charge in [0.15, 0.2) is 0 Å². The lowest BCUT2D eigenvalue weighted by molar-refractivity contribution is -0.129. The number of methoxy groups -OCH3 is 1. The molecule has 124 valence electrons. The van der Waals surface area contributed by atoms with Crippen LogP contribution in [0.2, 0.25) is 0 Å². The quantitative estimate of drug-likeness (QED) is 0.825. The summed E-state index contributed by atoms with van der Waals surface area (Å²) in [6.45, 7) is 4.43. The monoisotopic (exact) mass is 335 g/mol. The smallest absolute Gasteiger partial charge is 0.230 e. The molecule has 2 atom stereocenters. The largest absolute Gasteiger partial charge is 0.480 e. The average molecular weight is 335 g/mol. The van der Waals surface area contributed by atoms with Gasteiger partial charge in [-0.05, 0) is 17.5 Å². The van der Waals surface area contributed by atoms with E-state index >= 15 is 0 Å². The van der Waals surface area contributed by atoms with Crippen LogP contribution in [0.15, 0.2) is 18.5 Å². The van der Waals surface area contributed by atoms with Crippen LogP contribution < -0.4 is 10.1 Å². The van der Waals surface area contributed by atoms with Crippen molar-refractivity contribution in [2.24, 2.45) is 5.92 Å². The van der Waals surface area contributed by atoms with Crippen molar-refractivity contribution in [3.05, 3.63) is 29.2 Å². The molecular weight excluding hydrogens is 314 g/mol. The van der Waals surface area contributed by atoms with Gasteiger partial charge in [0.1, 0.15) is 5.82 Å². The fourth-order valence-corrected chi connectivity index (χ4v) is 3.43. The van der Waals surface area contributed by atoms with Gasteiger partial charge in [-0.2, -0.15) is 4.37 Å². The number of imidazole rings is 1. The van der Waals surface area contributed by atoms with E-state index in [0.29, 0.717) is 24.3 Å². The molecule has 0 aromatic carbocycles. The first kappa shape index (κ1) is 15.9. The number of hydrogen-bond acceptors (Lipinski definition) is 6. The van der Waals surface area contributed by atoms with E-state index < -0.39 is 0 Å². The predicted octanol–water partition coefficient (Wildman–Crippen LogP) is 1.05. The number of carbonyl (C=O) groups is 1. The molecule has 1 fully saturated rings. The van der Waals surface area contributed by atoms with Crippen LogP contribution in [-0.4, -0.2) is 51.4 Å². The maximum atomic E-state index is 12.3. The number of ether oxygens (including phenoxy) is 1.